The number of hydrogen-bond donors (Lipinski definition) is 0. The average molecular weight is 397 g/mol. The fourth-order valence-corrected chi connectivity index (χ4v) is 7.60. The van der Waals surface area contributed by atoms with Crippen molar-refractivity contribution in [1.82, 2.24) is 0 Å². The zero-order valence-electron chi connectivity index (χ0n) is 16.4. The summed E-state index contributed by atoms with van der Waals surface area (Å²) >= 11 is 0. The number of oxime groups is 1. The third kappa shape index (κ3) is 3.87. The van der Waals surface area contributed by atoms with E-state index in [0.717, 1.165) is 47.0 Å². The van der Waals surface area contributed by atoms with Gasteiger partial charge in [-0.15, -0.1) is 5.16 Å². The lowest BCUT2D eigenvalue weighted by Gasteiger charge is -2.31. The van der Waals surface area contributed by atoms with Crippen molar-refractivity contribution in [3.05, 3.63) is 91.0 Å². The molecule has 4 rings (SSSR count). The molecule has 0 aliphatic heterocycles. The molecular formula is C25H24N2OSi. The van der Waals surface area contributed by atoms with Crippen molar-refractivity contribution in [2.75, 3.05) is 0 Å². The van der Waals surface area contributed by atoms with Crippen LogP contribution in [0.2, 0.25) is 0 Å². The summed E-state index contributed by atoms with van der Waals surface area (Å²) < 4.78 is 6.64. The predicted molar refractivity (Wildman–Crippen MR) is 120 cm³/mol. The Bertz CT molecular complexity index is 901. The molecule has 3 aromatic carbocycles. The highest BCUT2D eigenvalue weighted by molar-refractivity contribution is 7.07. The summed E-state index contributed by atoms with van der Waals surface area (Å²) in [7, 11) is -2.85. The molecule has 1 saturated carbocycles. The van der Waals surface area contributed by atoms with E-state index in [1.807, 2.05) is 18.2 Å². The molecule has 1 aliphatic rings. The van der Waals surface area contributed by atoms with Gasteiger partial charge in [-0.1, -0.05) is 97.4 Å². The number of hydrogen-bond acceptors (Lipinski definition) is 3. The van der Waals surface area contributed by atoms with Crippen LogP contribution in [0.4, 0.5) is 0 Å². The van der Waals surface area contributed by atoms with E-state index < -0.39 is 8.32 Å². The van der Waals surface area contributed by atoms with Crippen LogP contribution >= 0.6 is 0 Å². The minimum atomic E-state index is -2.85. The maximum atomic E-state index is 9.57. The van der Waals surface area contributed by atoms with E-state index >= 15 is 0 Å². The van der Waals surface area contributed by atoms with Crippen LogP contribution in [0.1, 0.15) is 25.7 Å². The Hall–Kier alpha value is -3.16. The van der Waals surface area contributed by atoms with Crippen molar-refractivity contribution in [3.63, 3.8) is 0 Å². The molecule has 0 bridgehead atoms. The lowest BCUT2D eigenvalue weighted by Crippen LogP contribution is -2.68. The van der Waals surface area contributed by atoms with Crippen LogP contribution in [-0.2, 0) is 4.53 Å². The number of benzene rings is 3. The summed E-state index contributed by atoms with van der Waals surface area (Å²) in [5, 5.41) is 17.7. The normalized spacial score (nSPS) is 18.2. The van der Waals surface area contributed by atoms with E-state index in [4.69, 9.17) is 9.68 Å². The first-order chi connectivity index (χ1) is 14.3. The number of rotatable bonds is 5. The van der Waals surface area contributed by atoms with Gasteiger partial charge in [-0.05, 0) is 34.8 Å². The SMILES string of the molecule is N#CC1CCCCC1=NO[Si](c1ccccc1)(c1ccccc1)c1ccccc1. The topological polar surface area (TPSA) is 45.4 Å². The molecule has 4 heteroatoms. The first kappa shape index (κ1) is 19.2. The third-order valence-electron chi connectivity index (χ3n) is 5.57. The Morgan fingerprint density at radius 1 is 0.759 bits per heavy atom. The maximum Gasteiger partial charge on any atom is 0.380 e. The second-order valence-electron chi connectivity index (χ2n) is 7.38. The predicted octanol–water partition coefficient (Wildman–Crippen LogP) is 3.74. The van der Waals surface area contributed by atoms with Gasteiger partial charge in [0.05, 0.1) is 17.7 Å². The van der Waals surface area contributed by atoms with Gasteiger partial charge in [-0.25, -0.2) is 0 Å². The van der Waals surface area contributed by atoms with Crippen molar-refractivity contribution in [2.45, 2.75) is 25.7 Å². The highest BCUT2D eigenvalue weighted by atomic mass is 28.4. The van der Waals surface area contributed by atoms with E-state index in [1.165, 1.54) is 0 Å². The van der Waals surface area contributed by atoms with Gasteiger partial charge in [-0.2, -0.15) is 5.26 Å². The minimum Gasteiger partial charge on any atom is -0.438 e. The molecule has 0 heterocycles. The Labute approximate surface area is 173 Å². The standard InChI is InChI=1S/C25H24N2OSi/c26-20-21-12-10-11-19-25(21)27-28-29(22-13-4-1-5-14-22,23-15-6-2-7-16-23)24-17-8-3-9-18-24/h1-9,13-18,21H,10-12,19H2. The van der Waals surface area contributed by atoms with E-state index in [-0.39, 0.29) is 5.92 Å². The molecule has 0 aromatic heterocycles. The van der Waals surface area contributed by atoms with E-state index in [2.05, 4.69) is 78.9 Å². The molecule has 1 atom stereocenters. The fourth-order valence-electron chi connectivity index (χ4n) is 4.05. The lowest BCUT2D eigenvalue weighted by atomic mass is 9.88. The van der Waals surface area contributed by atoms with Crippen LogP contribution in [-0.4, -0.2) is 14.0 Å². The van der Waals surface area contributed by atoms with Crippen LogP contribution in [0.5, 0.6) is 0 Å². The zero-order valence-corrected chi connectivity index (χ0v) is 17.4. The average Bonchev–Trinajstić information content (AvgIpc) is 2.82. The molecule has 3 nitrogen and oxygen atoms in total. The molecule has 0 radical (unpaired) electrons. The highest BCUT2D eigenvalue weighted by Crippen LogP contribution is 2.22. The van der Waals surface area contributed by atoms with Crippen molar-refractivity contribution >= 4 is 29.6 Å². The Morgan fingerprint density at radius 2 is 1.24 bits per heavy atom. The smallest absolute Gasteiger partial charge is 0.380 e. The fraction of sp³-hybridized carbons (Fsp3) is 0.200. The van der Waals surface area contributed by atoms with Crippen molar-refractivity contribution < 1.29 is 4.53 Å². The summed E-state index contributed by atoms with van der Waals surface area (Å²) in [6.07, 6.45) is 3.85. The first-order valence-electron chi connectivity index (χ1n) is 10.2. The monoisotopic (exact) mass is 396 g/mol. The molecule has 0 spiro atoms. The van der Waals surface area contributed by atoms with E-state index in [9.17, 15) is 5.26 Å². The van der Waals surface area contributed by atoms with Crippen LogP contribution in [0, 0.1) is 17.2 Å². The quantitative estimate of drug-likeness (QED) is 0.375. The minimum absolute atomic E-state index is 0.141. The molecule has 3 aromatic rings. The van der Waals surface area contributed by atoms with Gasteiger partial charge in [-0.3, -0.25) is 0 Å². The maximum absolute atomic E-state index is 9.57. The molecule has 0 amide bonds. The summed E-state index contributed by atoms with van der Waals surface area (Å²) in [5.41, 5.74) is 0.887. The largest absolute Gasteiger partial charge is 0.438 e. The second kappa shape index (κ2) is 8.89. The van der Waals surface area contributed by atoms with Gasteiger partial charge in [0.2, 0.25) is 0 Å². The molecule has 29 heavy (non-hydrogen) atoms. The summed E-state index contributed by atoms with van der Waals surface area (Å²) in [6.45, 7) is 0. The van der Waals surface area contributed by atoms with Crippen LogP contribution in [0.25, 0.3) is 0 Å². The van der Waals surface area contributed by atoms with Gasteiger partial charge >= 0.3 is 8.32 Å². The Balaban J connectivity index is 1.90. The number of nitrogens with zero attached hydrogens (tertiary/aromatic N) is 2. The van der Waals surface area contributed by atoms with Crippen molar-refractivity contribution in [3.8, 4) is 6.07 Å². The molecule has 0 N–H and O–H groups in total. The van der Waals surface area contributed by atoms with E-state index in [1.54, 1.807) is 0 Å². The van der Waals surface area contributed by atoms with Gasteiger partial charge in [0.1, 0.15) is 0 Å². The molecule has 1 unspecified atom stereocenters. The second-order valence-corrected chi connectivity index (χ2v) is 10.7. The summed E-state index contributed by atoms with van der Waals surface area (Å²) in [5.74, 6) is -0.141. The van der Waals surface area contributed by atoms with Crippen LogP contribution in [0.15, 0.2) is 96.2 Å². The van der Waals surface area contributed by atoms with E-state index in [0.29, 0.717) is 0 Å². The lowest BCUT2D eigenvalue weighted by molar-refractivity contribution is 0.341. The van der Waals surface area contributed by atoms with Gasteiger partial charge in [0.15, 0.2) is 0 Å². The molecular weight excluding hydrogens is 372 g/mol. The Kier molecular flexibility index (Phi) is 5.88. The van der Waals surface area contributed by atoms with Gasteiger partial charge in [0.25, 0.3) is 0 Å². The third-order valence-corrected chi connectivity index (χ3v) is 9.38. The van der Waals surface area contributed by atoms with Crippen LogP contribution in [0.3, 0.4) is 0 Å². The zero-order chi connectivity index (χ0) is 19.9. The molecule has 144 valence electrons. The highest BCUT2D eigenvalue weighted by Gasteiger charge is 2.45. The molecule has 1 fully saturated rings. The first-order valence-corrected chi connectivity index (χ1v) is 12.1. The number of nitriles is 1. The molecule has 1 aliphatic carbocycles. The Morgan fingerprint density at radius 3 is 1.69 bits per heavy atom. The van der Waals surface area contributed by atoms with Gasteiger partial charge < -0.3 is 4.53 Å². The summed E-state index contributed by atoms with van der Waals surface area (Å²) in [6, 6.07) is 33.6. The van der Waals surface area contributed by atoms with Crippen molar-refractivity contribution in [1.29, 1.82) is 5.26 Å². The van der Waals surface area contributed by atoms with Gasteiger partial charge in [0, 0.05) is 0 Å². The van der Waals surface area contributed by atoms with Crippen LogP contribution < -0.4 is 15.6 Å². The molecule has 0 saturated heterocycles. The van der Waals surface area contributed by atoms with Crippen molar-refractivity contribution in [2.24, 2.45) is 11.1 Å². The summed E-state index contributed by atoms with van der Waals surface area (Å²) in [4.78, 5) is 0.